The van der Waals surface area contributed by atoms with Crippen molar-refractivity contribution in [1.82, 2.24) is 14.9 Å². The second-order valence-corrected chi connectivity index (χ2v) is 8.77. The summed E-state index contributed by atoms with van der Waals surface area (Å²) < 4.78 is 12.3. The molecule has 1 saturated carbocycles. The number of carbonyl (C=O) groups excluding carboxylic acids is 2. The first kappa shape index (κ1) is 23.2. The van der Waals surface area contributed by atoms with Gasteiger partial charge in [0.1, 0.15) is 5.60 Å². The Labute approximate surface area is 173 Å². The summed E-state index contributed by atoms with van der Waals surface area (Å²) in [5.41, 5.74) is 0.320. The molecule has 1 aliphatic carbocycles. The molecule has 0 spiro atoms. The van der Waals surface area contributed by atoms with Crippen LogP contribution in [0.3, 0.4) is 0 Å². The highest BCUT2D eigenvalue weighted by Gasteiger charge is 2.24. The van der Waals surface area contributed by atoms with Crippen molar-refractivity contribution in [3.8, 4) is 0 Å². The SMILES string of the molecule is COC(=O)C(CCCNC(=O)OC(C)(C)C)Cc1cn([C@H]2CC[C@H](O)CC2)cn1. The molecule has 1 heterocycles. The smallest absolute Gasteiger partial charge is 0.407 e. The summed E-state index contributed by atoms with van der Waals surface area (Å²) >= 11 is 0. The highest BCUT2D eigenvalue weighted by molar-refractivity contribution is 5.72. The third-order valence-corrected chi connectivity index (χ3v) is 5.13. The molecular formula is C21H35N3O5. The minimum absolute atomic E-state index is 0.188. The molecule has 2 N–H and O–H groups in total. The van der Waals surface area contributed by atoms with E-state index in [0.717, 1.165) is 31.4 Å². The number of esters is 1. The standard InChI is InChI=1S/C21H35N3O5/c1-21(2,3)29-20(27)22-11-5-6-15(19(26)28-4)12-16-13-24(14-23-16)17-7-9-18(25)10-8-17/h13-15,17-18,25H,5-12H2,1-4H3,(H,22,27)/t15?,17-,18-. The fourth-order valence-electron chi connectivity index (χ4n) is 3.62. The van der Waals surface area contributed by atoms with Crippen molar-refractivity contribution < 1.29 is 24.2 Å². The number of hydrogen-bond acceptors (Lipinski definition) is 6. The quantitative estimate of drug-likeness (QED) is 0.505. The van der Waals surface area contributed by atoms with Crippen molar-refractivity contribution >= 4 is 12.1 Å². The second kappa shape index (κ2) is 10.6. The number of aliphatic hydroxyl groups excluding tert-OH is 1. The van der Waals surface area contributed by atoms with Crippen LogP contribution in [0.15, 0.2) is 12.5 Å². The van der Waals surface area contributed by atoms with Crippen LogP contribution >= 0.6 is 0 Å². The van der Waals surface area contributed by atoms with Gasteiger partial charge in [0.15, 0.2) is 0 Å². The van der Waals surface area contributed by atoms with E-state index in [9.17, 15) is 14.7 Å². The Morgan fingerprint density at radius 2 is 2.00 bits per heavy atom. The predicted molar refractivity (Wildman–Crippen MR) is 108 cm³/mol. The Balaban J connectivity index is 1.83. The number of nitrogens with zero attached hydrogens (tertiary/aromatic N) is 2. The molecule has 1 aromatic rings. The van der Waals surface area contributed by atoms with E-state index in [-0.39, 0.29) is 18.0 Å². The third-order valence-electron chi connectivity index (χ3n) is 5.13. The van der Waals surface area contributed by atoms with E-state index < -0.39 is 11.7 Å². The van der Waals surface area contributed by atoms with E-state index in [4.69, 9.17) is 9.47 Å². The van der Waals surface area contributed by atoms with Crippen LogP contribution in [0.5, 0.6) is 0 Å². The maximum atomic E-state index is 12.2. The molecule has 2 rings (SSSR count). The molecule has 1 amide bonds. The molecule has 0 aliphatic heterocycles. The summed E-state index contributed by atoms with van der Waals surface area (Å²) in [5.74, 6) is -0.574. The number of methoxy groups -OCH3 is 1. The molecule has 1 fully saturated rings. The lowest BCUT2D eigenvalue weighted by atomic mass is 9.93. The summed E-state index contributed by atoms with van der Waals surface area (Å²) in [4.78, 5) is 28.4. The van der Waals surface area contributed by atoms with Crippen LogP contribution in [-0.4, -0.2) is 52.1 Å². The molecular weight excluding hydrogens is 374 g/mol. The van der Waals surface area contributed by atoms with Crippen LogP contribution in [0, 0.1) is 5.92 Å². The summed E-state index contributed by atoms with van der Waals surface area (Å²) in [6, 6.07) is 0.356. The van der Waals surface area contributed by atoms with Crippen LogP contribution in [0.4, 0.5) is 4.79 Å². The van der Waals surface area contributed by atoms with E-state index in [1.54, 1.807) is 0 Å². The zero-order valence-electron chi connectivity index (χ0n) is 18.0. The number of hydrogen-bond donors (Lipinski definition) is 2. The van der Waals surface area contributed by atoms with Crippen LogP contribution in [0.2, 0.25) is 0 Å². The largest absolute Gasteiger partial charge is 0.469 e. The third kappa shape index (κ3) is 8.04. The second-order valence-electron chi connectivity index (χ2n) is 8.77. The first-order chi connectivity index (χ1) is 13.7. The van der Waals surface area contributed by atoms with Crippen molar-refractivity contribution in [2.75, 3.05) is 13.7 Å². The van der Waals surface area contributed by atoms with Crippen molar-refractivity contribution in [2.24, 2.45) is 5.92 Å². The lowest BCUT2D eigenvalue weighted by molar-refractivity contribution is -0.145. The Hall–Kier alpha value is -2.09. The summed E-state index contributed by atoms with van der Waals surface area (Å²) in [7, 11) is 1.39. The fraction of sp³-hybridized carbons (Fsp3) is 0.762. The van der Waals surface area contributed by atoms with Gasteiger partial charge in [-0.3, -0.25) is 4.79 Å². The molecule has 164 valence electrons. The topological polar surface area (TPSA) is 103 Å². The first-order valence-electron chi connectivity index (χ1n) is 10.4. The number of nitrogens with one attached hydrogen (secondary N) is 1. The minimum Gasteiger partial charge on any atom is -0.469 e. The molecule has 0 saturated heterocycles. The average Bonchev–Trinajstić information content (AvgIpc) is 3.11. The van der Waals surface area contributed by atoms with Gasteiger partial charge in [0.2, 0.25) is 0 Å². The molecule has 1 unspecified atom stereocenters. The molecule has 0 radical (unpaired) electrons. The Morgan fingerprint density at radius 3 is 2.62 bits per heavy atom. The van der Waals surface area contributed by atoms with Crippen LogP contribution in [0.25, 0.3) is 0 Å². The van der Waals surface area contributed by atoms with Gasteiger partial charge in [0, 0.05) is 25.2 Å². The zero-order chi connectivity index (χ0) is 21.4. The number of rotatable bonds is 8. The van der Waals surface area contributed by atoms with Crippen LogP contribution in [0.1, 0.15) is 71.0 Å². The number of ether oxygens (including phenoxy) is 2. The number of alkyl carbamates (subject to hydrolysis) is 1. The van der Waals surface area contributed by atoms with Gasteiger partial charge < -0.3 is 24.5 Å². The van der Waals surface area contributed by atoms with Crippen molar-refractivity contribution in [1.29, 1.82) is 0 Å². The van der Waals surface area contributed by atoms with Crippen molar-refractivity contribution in [3.05, 3.63) is 18.2 Å². The van der Waals surface area contributed by atoms with Gasteiger partial charge in [-0.05, 0) is 59.3 Å². The minimum atomic E-state index is -0.534. The number of aromatic nitrogens is 2. The molecule has 1 atom stereocenters. The van der Waals surface area contributed by atoms with Crippen molar-refractivity contribution in [2.45, 2.75) is 83.5 Å². The molecule has 0 aromatic carbocycles. The number of carbonyl (C=O) groups is 2. The van der Waals surface area contributed by atoms with E-state index in [1.807, 2.05) is 33.3 Å². The molecule has 0 bridgehead atoms. The van der Waals surface area contributed by atoms with Crippen LogP contribution in [-0.2, 0) is 20.7 Å². The highest BCUT2D eigenvalue weighted by atomic mass is 16.6. The van der Waals surface area contributed by atoms with E-state index in [1.165, 1.54) is 7.11 Å². The molecule has 8 nitrogen and oxygen atoms in total. The number of aliphatic hydroxyl groups is 1. The van der Waals surface area contributed by atoms with Gasteiger partial charge in [-0.15, -0.1) is 0 Å². The Morgan fingerprint density at radius 1 is 1.31 bits per heavy atom. The number of amides is 1. The lowest BCUT2D eigenvalue weighted by Gasteiger charge is -2.26. The Kier molecular flexibility index (Phi) is 8.49. The molecule has 1 aromatic heterocycles. The summed E-state index contributed by atoms with van der Waals surface area (Å²) in [5, 5.41) is 12.4. The maximum absolute atomic E-state index is 12.2. The van der Waals surface area contributed by atoms with Gasteiger partial charge in [-0.1, -0.05) is 0 Å². The van der Waals surface area contributed by atoms with Gasteiger partial charge in [-0.2, -0.15) is 0 Å². The van der Waals surface area contributed by atoms with Gasteiger partial charge >= 0.3 is 12.1 Å². The lowest BCUT2D eigenvalue weighted by Crippen LogP contribution is -2.33. The number of imidazole rings is 1. The zero-order valence-corrected chi connectivity index (χ0v) is 18.0. The predicted octanol–water partition coefficient (Wildman–Crippen LogP) is 3.00. The van der Waals surface area contributed by atoms with E-state index >= 15 is 0 Å². The Bertz CT molecular complexity index is 660. The monoisotopic (exact) mass is 409 g/mol. The molecule has 8 heteroatoms. The fourth-order valence-corrected chi connectivity index (χ4v) is 3.62. The van der Waals surface area contributed by atoms with E-state index in [0.29, 0.717) is 31.8 Å². The maximum Gasteiger partial charge on any atom is 0.407 e. The van der Waals surface area contributed by atoms with Gasteiger partial charge in [-0.25, -0.2) is 9.78 Å². The van der Waals surface area contributed by atoms with E-state index in [2.05, 4.69) is 14.9 Å². The average molecular weight is 410 g/mol. The normalized spacial score (nSPS) is 20.7. The van der Waals surface area contributed by atoms with Gasteiger partial charge in [0.05, 0.1) is 31.2 Å². The van der Waals surface area contributed by atoms with Gasteiger partial charge in [0.25, 0.3) is 0 Å². The summed E-state index contributed by atoms with van der Waals surface area (Å²) in [6.45, 7) is 5.87. The highest BCUT2D eigenvalue weighted by Crippen LogP contribution is 2.28. The molecule has 1 aliphatic rings. The summed E-state index contributed by atoms with van der Waals surface area (Å²) in [6.07, 6.45) is 8.40. The molecule has 29 heavy (non-hydrogen) atoms. The van der Waals surface area contributed by atoms with Crippen LogP contribution < -0.4 is 5.32 Å². The van der Waals surface area contributed by atoms with Crippen molar-refractivity contribution in [3.63, 3.8) is 0 Å². The first-order valence-corrected chi connectivity index (χ1v) is 10.4.